The van der Waals surface area contributed by atoms with Crippen molar-refractivity contribution in [3.05, 3.63) is 18.0 Å². The second kappa shape index (κ2) is 5.21. The minimum absolute atomic E-state index is 0.677. The van der Waals surface area contributed by atoms with Gasteiger partial charge >= 0.3 is 0 Å². The first kappa shape index (κ1) is 12.6. The van der Waals surface area contributed by atoms with Crippen molar-refractivity contribution in [2.24, 2.45) is 13.0 Å². The van der Waals surface area contributed by atoms with Crippen molar-refractivity contribution in [1.82, 2.24) is 9.78 Å². The summed E-state index contributed by atoms with van der Waals surface area (Å²) in [4.78, 5) is 0. The Morgan fingerprint density at radius 2 is 2.29 bits per heavy atom. The molecule has 2 rings (SSSR count). The average Bonchev–Trinajstić information content (AvgIpc) is 2.65. The summed E-state index contributed by atoms with van der Waals surface area (Å²) < 4.78 is 1.78. The molecule has 1 N–H and O–H groups in total. The van der Waals surface area contributed by atoms with Gasteiger partial charge in [0.15, 0.2) is 0 Å². The van der Waals surface area contributed by atoms with Crippen molar-refractivity contribution in [2.75, 3.05) is 0 Å². The van der Waals surface area contributed by atoms with E-state index in [0.29, 0.717) is 0 Å². The number of aromatic nitrogens is 2. The van der Waals surface area contributed by atoms with Crippen molar-refractivity contribution >= 4 is 0 Å². The Hall–Kier alpha value is -0.830. The molecule has 2 atom stereocenters. The van der Waals surface area contributed by atoms with Crippen LogP contribution in [-0.2, 0) is 12.6 Å². The van der Waals surface area contributed by atoms with E-state index in [9.17, 15) is 5.11 Å². The van der Waals surface area contributed by atoms with Crippen molar-refractivity contribution in [3.8, 4) is 0 Å². The SMILES string of the molecule is CCCC1CCCC(O)(c2ccn(C)n2)CC1. The molecule has 2 unspecified atom stereocenters. The summed E-state index contributed by atoms with van der Waals surface area (Å²) in [5, 5.41) is 15.1. The Kier molecular flexibility index (Phi) is 3.87. The van der Waals surface area contributed by atoms with Gasteiger partial charge in [0, 0.05) is 13.2 Å². The number of aliphatic hydroxyl groups is 1. The minimum Gasteiger partial charge on any atom is -0.383 e. The molecule has 0 amide bonds. The molecule has 0 radical (unpaired) electrons. The van der Waals surface area contributed by atoms with Crippen LogP contribution >= 0.6 is 0 Å². The quantitative estimate of drug-likeness (QED) is 0.819. The average molecular weight is 236 g/mol. The molecule has 0 saturated heterocycles. The summed E-state index contributed by atoms with van der Waals surface area (Å²) in [7, 11) is 1.91. The van der Waals surface area contributed by atoms with Crippen molar-refractivity contribution in [2.45, 2.75) is 57.5 Å². The first-order valence-electron chi connectivity index (χ1n) is 6.86. The van der Waals surface area contributed by atoms with Gasteiger partial charge in [0.05, 0.1) is 5.69 Å². The van der Waals surface area contributed by atoms with Gasteiger partial charge in [-0.1, -0.05) is 26.2 Å². The molecule has 3 heteroatoms. The zero-order chi connectivity index (χ0) is 12.3. The monoisotopic (exact) mass is 236 g/mol. The number of rotatable bonds is 3. The molecule has 0 spiro atoms. The summed E-state index contributed by atoms with van der Waals surface area (Å²) >= 11 is 0. The van der Waals surface area contributed by atoms with Crippen LogP contribution in [0.4, 0.5) is 0 Å². The van der Waals surface area contributed by atoms with Crippen LogP contribution in [0, 0.1) is 5.92 Å². The maximum absolute atomic E-state index is 10.7. The van der Waals surface area contributed by atoms with E-state index in [1.165, 1.54) is 19.3 Å². The maximum Gasteiger partial charge on any atom is 0.108 e. The summed E-state index contributed by atoms with van der Waals surface area (Å²) in [6.07, 6.45) is 9.74. The van der Waals surface area contributed by atoms with Crippen LogP contribution in [0.15, 0.2) is 12.3 Å². The molecule has 1 heterocycles. The molecule has 1 saturated carbocycles. The Bertz CT molecular complexity index is 361. The van der Waals surface area contributed by atoms with Crippen LogP contribution in [0.2, 0.25) is 0 Å². The highest BCUT2D eigenvalue weighted by atomic mass is 16.3. The Morgan fingerprint density at radius 1 is 1.47 bits per heavy atom. The molecular weight excluding hydrogens is 212 g/mol. The predicted octanol–water partition coefficient (Wildman–Crippen LogP) is 2.99. The molecule has 96 valence electrons. The number of nitrogens with zero attached hydrogens (tertiary/aromatic N) is 2. The van der Waals surface area contributed by atoms with E-state index in [4.69, 9.17) is 0 Å². The summed E-state index contributed by atoms with van der Waals surface area (Å²) in [5.41, 5.74) is 0.182. The minimum atomic E-state index is -0.677. The van der Waals surface area contributed by atoms with Crippen LogP contribution in [0.3, 0.4) is 0 Å². The normalized spacial score (nSPS) is 30.2. The van der Waals surface area contributed by atoms with E-state index in [1.807, 2.05) is 19.3 Å². The lowest BCUT2D eigenvalue weighted by molar-refractivity contribution is 0.0148. The third-order valence-electron chi connectivity index (χ3n) is 4.06. The molecule has 1 aromatic heterocycles. The van der Waals surface area contributed by atoms with Gasteiger partial charge in [-0.3, -0.25) is 4.68 Å². The zero-order valence-corrected chi connectivity index (χ0v) is 11.0. The summed E-state index contributed by atoms with van der Waals surface area (Å²) in [6, 6.07) is 1.96. The van der Waals surface area contributed by atoms with Crippen LogP contribution in [0.1, 0.15) is 57.6 Å². The Morgan fingerprint density at radius 3 is 2.94 bits per heavy atom. The molecule has 1 aliphatic carbocycles. The molecule has 0 aromatic carbocycles. The van der Waals surface area contributed by atoms with Gasteiger partial charge in [0.2, 0.25) is 0 Å². The van der Waals surface area contributed by atoms with Gasteiger partial charge in [-0.2, -0.15) is 5.10 Å². The largest absolute Gasteiger partial charge is 0.383 e. The molecule has 3 nitrogen and oxygen atoms in total. The van der Waals surface area contributed by atoms with E-state index >= 15 is 0 Å². The van der Waals surface area contributed by atoms with E-state index in [1.54, 1.807) is 4.68 Å². The fourth-order valence-electron chi connectivity index (χ4n) is 3.01. The second-order valence-corrected chi connectivity index (χ2v) is 5.49. The number of hydrogen-bond donors (Lipinski definition) is 1. The van der Waals surface area contributed by atoms with Gasteiger partial charge in [-0.05, 0) is 37.7 Å². The first-order valence-corrected chi connectivity index (χ1v) is 6.86. The van der Waals surface area contributed by atoms with Crippen molar-refractivity contribution < 1.29 is 5.11 Å². The lowest BCUT2D eigenvalue weighted by Gasteiger charge is -2.24. The van der Waals surface area contributed by atoms with Crippen molar-refractivity contribution in [1.29, 1.82) is 0 Å². The second-order valence-electron chi connectivity index (χ2n) is 5.49. The zero-order valence-electron chi connectivity index (χ0n) is 11.0. The Labute approximate surface area is 104 Å². The van der Waals surface area contributed by atoms with Crippen LogP contribution in [0.5, 0.6) is 0 Å². The highest BCUT2D eigenvalue weighted by molar-refractivity contribution is 5.11. The first-order chi connectivity index (χ1) is 8.14. The smallest absolute Gasteiger partial charge is 0.108 e. The fraction of sp³-hybridized carbons (Fsp3) is 0.786. The van der Waals surface area contributed by atoms with Crippen LogP contribution in [0.25, 0.3) is 0 Å². The van der Waals surface area contributed by atoms with Gasteiger partial charge in [0.25, 0.3) is 0 Å². The summed E-state index contributed by atoms with van der Waals surface area (Å²) in [5.74, 6) is 0.803. The standard InChI is InChI=1S/C14H24N2O/c1-3-5-12-6-4-9-14(17,10-7-12)13-8-11-16(2)15-13/h8,11-12,17H,3-7,9-10H2,1-2H3. The van der Waals surface area contributed by atoms with Gasteiger partial charge < -0.3 is 5.11 Å². The molecule has 1 aromatic rings. The van der Waals surface area contributed by atoms with Crippen LogP contribution in [-0.4, -0.2) is 14.9 Å². The van der Waals surface area contributed by atoms with E-state index in [-0.39, 0.29) is 0 Å². The van der Waals surface area contributed by atoms with Crippen molar-refractivity contribution in [3.63, 3.8) is 0 Å². The molecule has 0 bridgehead atoms. The predicted molar refractivity (Wildman–Crippen MR) is 68.6 cm³/mol. The third-order valence-corrected chi connectivity index (χ3v) is 4.06. The maximum atomic E-state index is 10.7. The van der Waals surface area contributed by atoms with Gasteiger partial charge in [0.1, 0.15) is 5.60 Å². The summed E-state index contributed by atoms with van der Waals surface area (Å²) in [6.45, 7) is 2.25. The van der Waals surface area contributed by atoms with Gasteiger partial charge in [-0.25, -0.2) is 0 Å². The molecule has 1 fully saturated rings. The van der Waals surface area contributed by atoms with Crippen LogP contribution < -0.4 is 0 Å². The molecule has 17 heavy (non-hydrogen) atoms. The number of hydrogen-bond acceptors (Lipinski definition) is 2. The van der Waals surface area contributed by atoms with E-state index in [2.05, 4.69) is 12.0 Å². The molecule has 0 aliphatic heterocycles. The highest BCUT2D eigenvalue weighted by Crippen LogP contribution is 2.38. The lowest BCUT2D eigenvalue weighted by Crippen LogP contribution is -2.25. The molecular formula is C14H24N2O. The van der Waals surface area contributed by atoms with Gasteiger partial charge in [-0.15, -0.1) is 0 Å². The topological polar surface area (TPSA) is 38.0 Å². The Balaban J connectivity index is 2.06. The van der Waals surface area contributed by atoms with E-state index < -0.39 is 5.60 Å². The number of aryl methyl sites for hydroxylation is 1. The fourth-order valence-corrected chi connectivity index (χ4v) is 3.01. The lowest BCUT2D eigenvalue weighted by atomic mass is 9.90. The third kappa shape index (κ3) is 2.89. The highest BCUT2D eigenvalue weighted by Gasteiger charge is 2.34. The van der Waals surface area contributed by atoms with E-state index in [0.717, 1.165) is 37.3 Å². The molecule has 1 aliphatic rings.